The van der Waals surface area contributed by atoms with E-state index in [-0.39, 0.29) is 15.1 Å². The zero-order valence-corrected chi connectivity index (χ0v) is 30.0. The molecule has 2 saturated heterocycles. The lowest BCUT2D eigenvalue weighted by molar-refractivity contribution is -0.253. The van der Waals surface area contributed by atoms with Crippen LogP contribution in [0.1, 0.15) is 88.5 Å². The topological polar surface area (TPSA) is 66.4 Å². The minimum atomic E-state index is -2.24. The van der Waals surface area contributed by atoms with Crippen LogP contribution in [0.3, 0.4) is 0 Å². The van der Waals surface area contributed by atoms with E-state index in [1.807, 2.05) is 0 Å². The zero-order chi connectivity index (χ0) is 29.0. The van der Waals surface area contributed by atoms with Crippen molar-refractivity contribution in [2.24, 2.45) is 0 Å². The summed E-state index contributed by atoms with van der Waals surface area (Å²) in [6.45, 7) is 35.7. The summed E-state index contributed by atoms with van der Waals surface area (Å²) in [6, 6.07) is 0. The monoisotopic (exact) mass is 576 g/mol. The maximum absolute atomic E-state index is 12.0. The molecule has 0 aliphatic carbocycles. The molecule has 2 heterocycles. The second kappa shape index (κ2) is 10.7. The number of unbranched alkanes of at least 4 members (excludes halogenated alkanes) is 1. The molecule has 6 atom stereocenters. The number of ether oxygens (including phenoxy) is 2. The van der Waals surface area contributed by atoms with Crippen molar-refractivity contribution < 1.29 is 27.9 Å². The van der Waals surface area contributed by atoms with Crippen molar-refractivity contribution in [2.45, 2.75) is 179 Å². The minimum Gasteiger partial charge on any atom is -0.406 e. The summed E-state index contributed by atoms with van der Waals surface area (Å²) in [4.78, 5) is 0. The van der Waals surface area contributed by atoms with Crippen molar-refractivity contribution in [1.29, 1.82) is 0 Å². The van der Waals surface area contributed by atoms with Crippen molar-refractivity contribution in [3.8, 4) is 0 Å². The molecule has 220 valence electrons. The van der Waals surface area contributed by atoms with Gasteiger partial charge < -0.3 is 27.9 Å². The Bertz CT molecular complexity index is 780. The summed E-state index contributed by atoms with van der Waals surface area (Å²) < 4.78 is 34.2. The number of rotatable bonds is 9. The lowest BCUT2D eigenvalue weighted by atomic mass is 10.00. The molecule has 2 aliphatic heterocycles. The van der Waals surface area contributed by atoms with E-state index < -0.39 is 61.4 Å². The Balaban J connectivity index is 2.54. The van der Waals surface area contributed by atoms with E-state index in [4.69, 9.17) is 22.8 Å². The minimum absolute atomic E-state index is 0.0105. The summed E-state index contributed by atoms with van der Waals surface area (Å²) in [5.74, 6) is -1.40. The Morgan fingerprint density at radius 3 is 1.57 bits per heavy atom. The van der Waals surface area contributed by atoms with Crippen LogP contribution in [0.15, 0.2) is 0 Å². The van der Waals surface area contributed by atoms with Crippen molar-refractivity contribution in [2.75, 3.05) is 0 Å². The molecule has 0 radical (unpaired) electrons. The average molecular weight is 577 g/mol. The fraction of sp³-hybridized carbons (Fsp3) is 1.00. The van der Waals surface area contributed by atoms with Gasteiger partial charge in [0, 0.05) is 6.42 Å². The Morgan fingerprint density at radius 1 is 0.703 bits per heavy atom. The van der Waals surface area contributed by atoms with Crippen LogP contribution in [-0.2, 0) is 22.8 Å². The fourth-order valence-electron chi connectivity index (χ4n) is 4.07. The van der Waals surface area contributed by atoms with Gasteiger partial charge in [0.05, 0.1) is 0 Å². The third-order valence-corrected chi connectivity index (χ3v) is 23.2. The van der Waals surface area contributed by atoms with Gasteiger partial charge in [-0.1, -0.05) is 75.7 Å². The first-order valence-corrected chi connectivity index (χ1v) is 23.1. The Hall–Kier alpha value is 0.411. The average Bonchev–Trinajstić information content (AvgIpc) is 3.10. The van der Waals surface area contributed by atoms with Gasteiger partial charge in [0.2, 0.25) is 0 Å². The molecule has 0 aromatic carbocycles. The van der Waals surface area contributed by atoms with Crippen LogP contribution in [-0.4, -0.2) is 66.6 Å². The van der Waals surface area contributed by atoms with E-state index in [2.05, 4.69) is 109 Å². The second-order valence-corrected chi connectivity index (χ2v) is 30.3. The van der Waals surface area contributed by atoms with E-state index in [9.17, 15) is 5.11 Å². The van der Waals surface area contributed by atoms with Gasteiger partial charge in [-0.3, -0.25) is 0 Å². The highest BCUT2D eigenvalue weighted by atomic mass is 28.4. The van der Waals surface area contributed by atoms with E-state index >= 15 is 0 Å². The molecule has 0 aromatic heterocycles. The van der Waals surface area contributed by atoms with Crippen LogP contribution in [0.5, 0.6) is 0 Å². The van der Waals surface area contributed by atoms with E-state index in [0.717, 1.165) is 12.8 Å². The lowest BCUT2D eigenvalue weighted by Crippen LogP contribution is -2.55. The molecular weight excluding hydrogens is 517 g/mol. The highest BCUT2D eigenvalue weighted by molar-refractivity contribution is 6.75. The Kier molecular flexibility index (Phi) is 9.69. The van der Waals surface area contributed by atoms with Crippen LogP contribution < -0.4 is 0 Å². The predicted octanol–water partition coefficient (Wildman–Crippen LogP) is 7.79. The zero-order valence-electron chi connectivity index (χ0n) is 27.0. The Labute approximate surface area is 231 Å². The highest BCUT2D eigenvalue weighted by Gasteiger charge is 2.66. The molecule has 2 rings (SSSR count). The number of hydrogen-bond donors (Lipinski definition) is 1. The molecule has 37 heavy (non-hydrogen) atoms. The highest BCUT2D eigenvalue weighted by Crippen LogP contribution is 2.51. The number of hydrogen-bond acceptors (Lipinski definition) is 6. The third-order valence-electron chi connectivity index (χ3n) is 9.86. The third kappa shape index (κ3) is 7.01. The number of aliphatic hydroxyl groups is 1. The van der Waals surface area contributed by atoms with E-state index in [1.165, 1.54) is 0 Å². The van der Waals surface area contributed by atoms with Crippen LogP contribution >= 0.6 is 0 Å². The summed E-state index contributed by atoms with van der Waals surface area (Å²) in [5, 5.41) is 12.0. The largest absolute Gasteiger partial charge is 0.406 e. The SMILES string of the molecule is CCCCC1(O)O[C@@H]2[C@@H](O[Si](C)(C)C(C)(C)C)[C@H](O[Si](C)(C)C(C)(C)C)O[C@@H]2[C@@H]1O[Si](C)(C)C(C)(C)C. The standard InChI is InChI=1S/C28H60O6Si3/c1-17-18-19-28(29)23(33-36(13,14)26(5,6)7)21-20(31-28)22(32-35(11,12)25(2,3)4)24(30-21)34-37(15,16)27(8,9)10/h20-24,29H,17-19H2,1-16H3/t20-,21-,22+,23-,24-,28?/m0/s1. The Morgan fingerprint density at radius 2 is 1.14 bits per heavy atom. The first-order valence-electron chi connectivity index (χ1n) is 14.4. The molecule has 0 saturated carbocycles. The first kappa shape index (κ1) is 33.6. The summed E-state index contributed by atoms with van der Waals surface area (Å²) in [5.41, 5.74) is 0. The van der Waals surface area contributed by atoms with Gasteiger partial charge in [0.25, 0.3) is 0 Å². The molecule has 0 amide bonds. The molecule has 1 unspecified atom stereocenters. The molecule has 6 nitrogen and oxygen atoms in total. The summed E-state index contributed by atoms with van der Waals surface area (Å²) >= 11 is 0. The maximum Gasteiger partial charge on any atom is 0.195 e. The van der Waals surface area contributed by atoms with Crippen molar-refractivity contribution in [1.82, 2.24) is 0 Å². The van der Waals surface area contributed by atoms with Crippen molar-refractivity contribution in [3.05, 3.63) is 0 Å². The van der Waals surface area contributed by atoms with Gasteiger partial charge in [0.1, 0.15) is 24.4 Å². The maximum atomic E-state index is 12.0. The van der Waals surface area contributed by atoms with Crippen LogP contribution in [0.4, 0.5) is 0 Å². The van der Waals surface area contributed by atoms with Gasteiger partial charge in [-0.15, -0.1) is 0 Å². The quantitative estimate of drug-likeness (QED) is 0.283. The van der Waals surface area contributed by atoms with Crippen LogP contribution in [0, 0.1) is 0 Å². The molecule has 2 fully saturated rings. The number of fused-ring (bicyclic) bond motifs is 1. The normalized spacial score (nSPS) is 32.2. The molecule has 9 heteroatoms. The fourth-order valence-corrected chi connectivity index (χ4v) is 7.78. The van der Waals surface area contributed by atoms with E-state index in [1.54, 1.807) is 0 Å². The molecular formula is C28H60O6Si3. The van der Waals surface area contributed by atoms with Gasteiger partial charge in [0.15, 0.2) is 37.0 Å². The second-order valence-electron chi connectivity index (χ2n) is 16.0. The lowest BCUT2D eigenvalue weighted by Gasteiger charge is -2.44. The van der Waals surface area contributed by atoms with Gasteiger partial charge in [-0.2, -0.15) is 0 Å². The van der Waals surface area contributed by atoms with Crippen molar-refractivity contribution in [3.63, 3.8) is 0 Å². The van der Waals surface area contributed by atoms with Gasteiger partial charge in [-0.25, -0.2) is 0 Å². The summed E-state index contributed by atoms with van der Waals surface area (Å²) in [7, 11) is -6.62. The smallest absolute Gasteiger partial charge is 0.195 e. The summed E-state index contributed by atoms with van der Waals surface area (Å²) in [6.07, 6.45) is -0.0997. The van der Waals surface area contributed by atoms with E-state index in [0.29, 0.717) is 6.42 Å². The van der Waals surface area contributed by atoms with Crippen molar-refractivity contribution >= 4 is 25.0 Å². The van der Waals surface area contributed by atoms with Crippen LogP contribution in [0.25, 0.3) is 0 Å². The molecule has 2 aliphatic rings. The molecule has 0 bridgehead atoms. The predicted molar refractivity (Wildman–Crippen MR) is 160 cm³/mol. The molecule has 0 spiro atoms. The first-order chi connectivity index (χ1) is 16.3. The van der Waals surface area contributed by atoms with Gasteiger partial charge in [-0.05, 0) is 60.8 Å². The van der Waals surface area contributed by atoms with Gasteiger partial charge >= 0.3 is 0 Å². The molecule has 1 N–H and O–H groups in total. The molecule has 0 aromatic rings. The van der Waals surface area contributed by atoms with Crippen LogP contribution in [0.2, 0.25) is 54.4 Å².